The topological polar surface area (TPSA) is 88.6 Å². The molecule has 0 fully saturated rings. The van der Waals surface area contributed by atoms with Crippen molar-refractivity contribution < 1.29 is 19.0 Å². The third-order valence-electron chi connectivity index (χ3n) is 2.08. The van der Waals surface area contributed by atoms with Crippen molar-refractivity contribution in [3.8, 4) is 0 Å². The summed E-state index contributed by atoms with van der Waals surface area (Å²) in [4.78, 5) is 11.4. The molecule has 0 saturated carbocycles. The summed E-state index contributed by atoms with van der Waals surface area (Å²) in [5.41, 5.74) is 5.42. The van der Waals surface area contributed by atoms with Crippen LogP contribution in [-0.4, -0.2) is 49.3 Å². The average molecular weight is 257 g/mol. The molecule has 0 aliphatic rings. The Labute approximate surface area is 106 Å². The van der Waals surface area contributed by atoms with Gasteiger partial charge < -0.3 is 19.9 Å². The zero-order valence-electron chi connectivity index (χ0n) is 10.5. The second-order valence-corrected chi connectivity index (χ2v) is 3.62. The largest absolute Gasteiger partial charge is 0.464 e. The van der Waals surface area contributed by atoms with Crippen LogP contribution in [0.3, 0.4) is 0 Å². The number of anilines is 1. The molecule has 0 aliphatic heterocycles. The molecule has 0 aliphatic carbocycles. The zero-order chi connectivity index (χ0) is 13.2. The summed E-state index contributed by atoms with van der Waals surface area (Å²) in [6.45, 7) is 2.08. The summed E-state index contributed by atoms with van der Waals surface area (Å²) in [6, 6.07) is 1.62. The lowest BCUT2D eigenvalue weighted by Gasteiger charge is -2.05. The van der Waals surface area contributed by atoms with E-state index in [0.717, 1.165) is 0 Å². The van der Waals surface area contributed by atoms with E-state index in [2.05, 4.69) is 5.10 Å². The number of ether oxygens (including phenoxy) is 3. The van der Waals surface area contributed by atoms with E-state index in [0.29, 0.717) is 38.7 Å². The Kier molecular flexibility index (Phi) is 6.82. The number of esters is 1. The minimum atomic E-state index is -0.338. The minimum Gasteiger partial charge on any atom is -0.464 e. The molecule has 1 rings (SSSR count). The Morgan fingerprint density at radius 2 is 2.22 bits per heavy atom. The molecule has 7 nitrogen and oxygen atoms in total. The van der Waals surface area contributed by atoms with Crippen LogP contribution in [0.4, 0.5) is 5.82 Å². The van der Waals surface area contributed by atoms with Gasteiger partial charge in [-0.2, -0.15) is 5.10 Å². The van der Waals surface area contributed by atoms with Gasteiger partial charge in [-0.1, -0.05) is 0 Å². The van der Waals surface area contributed by atoms with Crippen LogP contribution in [0.15, 0.2) is 12.3 Å². The van der Waals surface area contributed by atoms with Crippen molar-refractivity contribution in [1.82, 2.24) is 9.78 Å². The van der Waals surface area contributed by atoms with Gasteiger partial charge in [0, 0.05) is 26.3 Å². The number of methoxy groups -OCH3 is 1. The average Bonchev–Trinajstić information content (AvgIpc) is 2.73. The predicted molar refractivity (Wildman–Crippen MR) is 64.9 cm³/mol. The van der Waals surface area contributed by atoms with E-state index < -0.39 is 0 Å². The Hall–Kier alpha value is -1.60. The van der Waals surface area contributed by atoms with Gasteiger partial charge in [0.1, 0.15) is 12.4 Å². The first kappa shape index (κ1) is 14.5. The number of carbonyl (C=O) groups is 1. The molecule has 0 aromatic carbocycles. The molecule has 1 heterocycles. The maximum Gasteiger partial charge on any atom is 0.327 e. The molecule has 0 amide bonds. The summed E-state index contributed by atoms with van der Waals surface area (Å²) in [5.74, 6) is 0.0457. The second-order valence-electron chi connectivity index (χ2n) is 3.62. The van der Waals surface area contributed by atoms with Crippen LogP contribution in [0, 0.1) is 0 Å². The number of hydrogen-bond acceptors (Lipinski definition) is 6. The fourth-order valence-corrected chi connectivity index (χ4v) is 1.23. The van der Waals surface area contributed by atoms with Crippen molar-refractivity contribution in [3.05, 3.63) is 12.3 Å². The number of nitrogens with two attached hydrogens (primary N) is 1. The van der Waals surface area contributed by atoms with Crippen LogP contribution in [0.5, 0.6) is 0 Å². The fraction of sp³-hybridized carbons (Fsp3) is 0.636. The van der Waals surface area contributed by atoms with E-state index in [9.17, 15) is 4.79 Å². The SMILES string of the molecule is COCCOCCCOC(=O)Cn1ccc(N)n1. The molecule has 7 heteroatoms. The second kappa shape index (κ2) is 8.48. The van der Waals surface area contributed by atoms with Crippen molar-refractivity contribution in [2.45, 2.75) is 13.0 Å². The van der Waals surface area contributed by atoms with Crippen molar-refractivity contribution in [2.75, 3.05) is 39.3 Å². The molecule has 1 aromatic rings. The normalized spacial score (nSPS) is 10.5. The van der Waals surface area contributed by atoms with Crippen molar-refractivity contribution in [1.29, 1.82) is 0 Å². The smallest absolute Gasteiger partial charge is 0.327 e. The molecular weight excluding hydrogens is 238 g/mol. The lowest BCUT2D eigenvalue weighted by molar-refractivity contribution is -0.145. The van der Waals surface area contributed by atoms with E-state index in [1.54, 1.807) is 19.4 Å². The fourth-order valence-electron chi connectivity index (χ4n) is 1.23. The number of nitrogen functional groups attached to an aromatic ring is 1. The van der Waals surface area contributed by atoms with Gasteiger partial charge in [0.25, 0.3) is 0 Å². The molecule has 102 valence electrons. The predicted octanol–water partition coefficient (Wildman–Crippen LogP) is 0.0616. The first-order valence-corrected chi connectivity index (χ1v) is 5.73. The number of nitrogens with zero attached hydrogens (tertiary/aromatic N) is 2. The lowest BCUT2D eigenvalue weighted by atomic mass is 10.5. The van der Waals surface area contributed by atoms with Crippen molar-refractivity contribution in [3.63, 3.8) is 0 Å². The minimum absolute atomic E-state index is 0.0712. The molecule has 0 bridgehead atoms. The van der Waals surface area contributed by atoms with Gasteiger partial charge in [-0.3, -0.25) is 9.48 Å². The summed E-state index contributed by atoms with van der Waals surface area (Å²) in [6.07, 6.45) is 2.29. The van der Waals surface area contributed by atoms with E-state index in [4.69, 9.17) is 19.9 Å². The first-order chi connectivity index (χ1) is 8.72. The van der Waals surface area contributed by atoms with Crippen molar-refractivity contribution >= 4 is 11.8 Å². The quantitative estimate of drug-likeness (QED) is 0.497. The standard InChI is InChI=1S/C11H19N3O4/c1-16-7-8-17-5-2-6-18-11(15)9-14-4-3-10(12)13-14/h3-4H,2,5-9H2,1H3,(H2,12,13). The van der Waals surface area contributed by atoms with Gasteiger partial charge in [0.15, 0.2) is 0 Å². The Morgan fingerprint density at radius 1 is 1.39 bits per heavy atom. The van der Waals surface area contributed by atoms with E-state index in [1.807, 2.05) is 0 Å². The summed E-state index contributed by atoms with van der Waals surface area (Å²) in [5, 5.41) is 3.88. The molecule has 0 atom stereocenters. The maximum absolute atomic E-state index is 11.4. The van der Waals surface area contributed by atoms with Crippen molar-refractivity contribution in [2.24, 2.45) is 0 Å². The number of aromatic nitrogens is 2. The van der Waals surface area contributed by atoms with E-state index in [-0.39, 0.29) is 12.5 Å². The third-order valence-corrected chi connectivity index (χ3v) is 2.08. The number of carbonyl (C=O) groups excluding carboxylic acids is 1. The summed E-state index contributed by atoms with van der Waals surface area (Å²) >= 11 is 0. The van der Waals surface area contributed by atoms with Gasteiger partial charge >= 0.3 is 5.97 Å². The van der Waals surface area contributed by atoms with Crippen LogP contribution in [0.2, 0.25) is 0 Å². The molecule has 1 aromatic heterocycles. The lowest BCUT2D eigenvalue weighted by Crippen LogP contribution is -2.15. The van der Waals surface area contributed by atoms with E-state index >= 15 is 0 Å². The van der Waals surface area contributed by atoms with Gasteiger partial charge in [-0.25, -0.2) is 0 Å². The monoisotopic (exact) mass is 257 g/mol. The molecule has 18 heavy (non-hydrogen) atoms. The maximum atomic E-state index is 11.4. The molecule has 2 N–H and O–H groups in total. The van der Waals surface area contributed by atoms with E-state index in [1.165, 1.54) is 4.68 Å². The molecule has 0 unspecified atom stereocenters. The van der Waals surface area contributed by atoms with Gasteiger partial charge in [-0.15, -0.1) is 0 Å². The van der Waals surface area contributed by atoms with Crippen LogP contribution in [0.25, 0.3) is 0 Å². The highest BCUT2D eigenvalue weighted by atomic mass is 16.5. The Balaban J connectivity index is 2.00. The van der Waals surface area contributed by atoms with Crippen LogP contribution < -0.4 is 5.73 Å². The molecule has 0 spiro atoms. The number of rotatable bonds is 9. The first-order valence-electron chi connectivity index (χ1n) is 5.73. The molecule has 0 radical (unpaired) electrons. The molecule has 0 saturated heterocycles. The Morgan fingerprint density at radius 3 is 2.89 bits per heavy atom. The summed E-state index contributed by atoms with van der Waals surface area (Å²) < 4.78 is 16.5. The zero-order valence-corrected chi connectivity index (χ0v) is 10.5. The third kappa shape index (κ3) is 6.21. The van der Waals surface area contributed by atoms with Crippen LogP contribution in [-0.2, 0) is 25.5 Å². The highest BCUT2D eigenvalue weighted by molar-refractivity contribution is 5.69. The Bertz CT molecular complexity index is 354. The molecular formula is C11H19N3O4. The van der Waals surface area contributed by atoms with Gasteiger partial charge in [0.2, 0.25) is 0 Å². The number of hydrogen-bond donors (Lipinski definition) is 1. The van der Waals surface area contributed by atoms with Gasteiger partial charge in [-0.05, 0) is 6.07 Å². The van der Waals surface area contributed by atoms with Crippen LogP contribution >= 0.6 is 0 Å². The highest BCUT2D eigenvalue weighted by Gasteiger charge is 2.04. The van der Waals surface area contributed by atoms with Crippen LogP contribution in [0.1, 0.15) is 6.42 Å². The van der Waals surface area contributed by atoms with Gasteiger partial charge in [0.05, 0.1) is 19.8 Å². The summed E-state index contributed by atoms with van der Waals surface area (Å²) in [7, 11) is 1.62. The highest BCUT2D eigenvalue weighted by Crippen LogP contribution is 1.96.